The minimum atomic E-state index is -1.12. The normalized spacial score (nSPS) is 27.2. The van der Waals surface area contributed by atoms with Gasteiger partial charge in [0.15, 0.2) is 0 Å². The van der Waals surface area contributed by atoms with E-state index in [1.54, 1.807) is 0 Å². The number of nitrogens with one attached hydrogen (secondary N) is 1. The van der Waals surface area contributed by atoms with Gasteiger partial charge in [-0.15, -0.1) is 0 Å². The van der Waals surface area contributed by atoms with Gasteiger partial charge in [0.2, 0.25) is 0 Å². The van der Waals surface area contributed by atoms with Crippen molar-refractivity contribution in [1.29, 1.82) is 5.41 Å². The molecule has 0 aromatic rings. The van der Waals surface area contributed by atoms with E-state index >= 15 is 0 Å². The molecule has 0 fully saturated rings. The van der Waals surface area contributed by atoms with E-state index in [2.05, 4.69) is 12.7 Å². The highest BCUT2D eigenvalue weighted by Crippen LogP contribution is 2.38. The van der Waals surface area contributed by atoms with Crippen molar-refractivity contribution in [2.45, 2.75) is 45.8 Å². The van der Waals surface area contributed by atoms with Crippen LogP contribution < -0.4 is 0 Å². The molecule has 0 aliphatic heterocycles. The lowest BCUT2D eigenvalue weighted by Crippen LogP contribution is -2.42. The van der Waals surface area contributed by atoms with Crippen LogP contribution in [0, 0.1) is 23.2 Å². The third-order valence-electron chi connectivity index (χ3n) is 4.53. The van der Waals surface area contributed by atoms with Gasteiger partial charge < -0.3 is 25.5 Å². The summed E-state index contributed by atoms with van der Waals surface area (Å²) in [7, 11) is 0. The third-order valence-corrected chi connectivity index (χ3v) is 4.53. The zero-order valence-corrected chi connectivity index (χ0v) is 14.5. The molecule has 0 radical (unpaired) electrons. The van der Waals surface area contributed by atoms with Crippen molar-refractivity contribution in [3.8, 4) is 0 Å². The number of hydrogen-bond donors (Lipinski definition) is 4. The van der Waals surface area contributed by atoms with Gasteiger partial charge in [0.1, 0.15) is 6.10 Å². The first-order chi connectivity index (χ1) is 10.8. The first-order valence-corrected chi connectivity index (χ1v) is 8.19. The molecule has 0 spiro atoms. The molecule has 0 amide bonds. The minimum Gasteiger partial charge on any atom is -0.394 e. The van der Waals surface area contributed by atoms with Crippen LogP contribution in [0.5, 0.6) is 0 Å². The Morgan fingerprint density at radius 3 is 2.65 bits per heavy atom. The topological polar surface area (TPSA) is 93.8 Å². The Bertz CT molecular complexity index is 446. The van der Waals surface area contributed by atoms with Gasteiger partial charge in [-0.1, -0.05) is 30.7 Å². The second-order valence-electron chi connectivity index (χ2n) is 6.90. The molecule has 4 N–H and O–H groups in total. The summed E-state index contributed by atoms with van der Waals surface area (Å²) >= 11 is 0. The summed E-state index contributed by atoms with van der Waals surface area (Å²) in [6.45, 7) is 10.00. The number of aliphatic hydroxyl groups is 3. The minimum absolute atomic E-state index is 0.115. The molecular weight excluding hydrogens is 294 g/mol. The van der Waals surface area contributed by atoms with Crippen molar-refractivity contribution in [1.82, 2.24) is 0 Å². The SMILES string of the molecule is C=C(C)COCC(=N)C[C@@H]1C=C(C)CC([C@H](O)[C@H](O)CO)[C@@H]1C. The Kier molecular flexibility index (Phi) is 8.12. The molecule has 5 nitrogen and oxygen atoms in total. The molecule has 0 bridgehead atoms. The summed E-state index contributed by atoms with van der Waals surface area (Å²) in [5.74, 6) is 0.142. The highest BCUT2D eigenvalue weighted by molar-refractivity contribution is 5.83. The Hall–Kier alpha value is -1.01. The molecule has 0 saturated heterocycles. The average Bonchev–Trinajstić information content (AvgIpc) is 2.48. The van der Waals surface area contributed by atoms with E-state index in [1.165, 1.54) is 0 Å². The fourth-order valence-corrected chi connectivity index (χ4v) is 3.22. The van der Waals surface area contributed by atoms with Gasteiger partial charge in [-0.05, 0) is 44.4 Å². The van der Waals surface area contributed by atoms with Gasteiger partial charge in [-0.25, -0.2) is 0 Å². The lowest BCUT2D eigenvalue weighted by atomic mass is 9.69. The summed E-state index contributed by atoms with van der Waals surface area (Å²) in [5, 5.41) is 37.1. The molecule has 0 aromatic heterocycles. The van der Waals surface area contributed by atoms with Gasteiger partial charge in [-0.2, -0.15) is 0 Å². The monoisotopic (exact) mass is 325 g/mol. The van der Waals surface area contributed by atoms with E-state index < -0.39 is 18.8 Å². The number of aliphatic hydroxyl groups excluding tert-OH is 3. The first-order valence-electron chi connectivity index (χ1n) is 8.19. The first kappa shape index (κ1) is 20.0. The van der Waals surface area contributed by atoms with Crippen molar-refractivity contribution < 1.29 is 20.1 Å². The molecule has 1 rings (SSSR count). The summed E-state index contributed by atoms with van der Waals surface area (Å²) in [6, 6.07) is 0. The maximum absolute atomic E-state index is 10.3. The Morgan fingerprint density at radius 2 is 2.09 bits per heavy atom. The average molecular weight is 325 g/mol. The molecule has 5 atom stereocenters. The van der Waals surface area contributed by atoms with Crippen molar-refractivity contribution in [2.24, 2.45) is 17.8 Å². The molecule has 5 heteroatoms. The molecule has 0 heterocycles. The van der Waals surface area contributed by atoms with Gasteiger partial charge in [-0.3, -0.25) is 0 Å². The Labute approximate surface area is 139 Å². The van der Waals surface area contributed by atoms with Crippen LogP contribution in [0.4, 0.5) is 0 Å². The maximum atomic E-state index is 10.3. The lowest BCUT2D eigenvalue weighted by Gasteiger charge is -2.38. The highest BCUT2D eigenvalue weighted by atomic mass is 16.5. The van der Waals surface area contributed by atoms with E-state index in [4.69, 9.17) is 15.3 Å². The zero-order valence-electron chi connectivity index (χ0n) is 14.5. The van der Waals surface area contributed by atoms with Crippen molar-refractivity contribution in [3.63, 3.8) is 0 Å². The maximum Gasteiger partial charge on any atom is 0.103 e. The predicted octanol–water partition coefficient (Wildman–Crippen LogP) is 1.92. The molecule has 0 saturated carbocycles. The van der Waals surface area contributed by atoms with Gasteiger partial charge in [0.05, 0.1) is 25.9 Å². The smallest absolute Gasteiger partial charge is 0.103 e. The summed E-state index contributed by atoms with van der Waals surface area (Å²) < 4.78 is 5.42. The number of rotatable bonds is 9. The molecular formula is C18H31NO4. The predicted molar refractivity (Wildman–Crippen MR) is 91.6 cm³/mol. The Balaban J connectivity index is 2.65. The lowest BCUT2D eigenvalue weighted by molar-refractivity contribution is -0.0605. The number of hydrogen-bond acceptors (Lipinski definition) is 5. The quantitative estimate of drug-likeness (QED) is 0.385. The van der Waals surface area contributed by atoms with Gasteiger partial charge in [0, 0.05) is 5.71 Å². The van der Waals surface area contributed by atoms with Crippen LogP contribution in [0.15, 0.2) is 23.8 Å². The molecule has 1 aliphatic carbocycles. The van der Waals surface area contributed by atoms with E-state index in [1.807, 2.05) is 20.8 Å². The van der Waals surface area contributed by atoms with Crippen LogP contribution >= 0.6 is 0 Å². The van der Waals surface area contributed by atoms with E-state index in [0.717, 1.165) is 11.1 Å². The second kappa shape index (κ2) is 9.33. The van der Waals surface area contributed by atoms with Gasteiger partial charge in [0.25, 0.3) is 0 Å². The fraction of sp³-hybridized carbons (Fsp3) is 0.722. The largest absolute Gasteiger partial charge is 0.394 e. The van der Waals surface area contributed by atoms with Crippen LogP contribution in [0.25, 0.3) is 0 Å². The Morgan fingerprint density at radius 1 is 1.43 bits per heavy atom. The molecule has 132 valence electrons. The number of allylic oxidation sites excluding steroid dienone is 2. The van der Waals surface area contributed by atoms with Crippen molar-refractivity contribution in [3.05, 3.63) is 23.8 Å². The van der Waals surface area contributed by atoms with Crippen molar-refractivity contribution >= 4 is 5.71 Å². The van der Waals surface area contributed by atoms with Crippen LogP contribution in [-0.4, -0.2) is 53.1 Å². The van der Waals surface area contributed by atoms with Crippen LogP contribution in [-0.2, 0) is 4.74 Å². The summed E-state index contributed by atoms with van der Waals surface area (Å²) in [4.78, 5) is 0. The van der Waals surface area contributed by atoms with E-state index in [9.17, 15) is 10.2 Å². The standard InChI is InChI=1S/C18H31NO4/c1-11(2)9-23-10-15(19)7-14-5-12(3)6-16(13(14)4)18(22)17(21)8-20/h5,13-14,16-22H,1,6-10H2,2-4H3/t13-,14+,16?,17-,18+/m1/s1. The van der Waals surface area contributed by atoms with Gasteiger partial charge >= 0.3 is 0 Å². The van der Waals surface area contributed by atoms with Crippen LogP contribution in [0.3, 0.4) is 0 Å². The fourth-order valence-electron chi connectivity index (χ4n) is 3.22. The summed E-state index contributed by atoms with van der Waals surface area (Å²) in [6.07, 6.45) is 1.37. The zero-order chi connectivity index (χ0) is 17.6. The summed E-state index contributed by atoms with van der Waals surface area (Å²) in [5.41, 5.74) is 2.60. The third kappa shape index (κ3) is 6.18. The van der Waals surface area contributed by atoms with Crippen LogP contribution in [0.1, 0.15) is 33.6 Å². The second-order valence-corrected chi connectivity index (χ2v) is 6.90. The van der Waals surface area contributed by atoms with Crippen LogP contribution in [0.2, 0.25) is 0 Å². The molecule has 23 heavy (non-hydrogen) atoms. The number of ether oxygens (including phenoxy) is 1. The highest BCUT2D eigenvalue weighted by Gasteiger charge is 2.36. The molecule has 1 unspecified atom stereocenters. The van der Waals surface area contributed by atoms with E-state index in [-0.39, 0.29) is 24.4 Å². The van der Waals surface area contributed by atoms with Crippen molar-refractivity contribution in [2.75, 3.05) is 19.8 Å². The molecule has 1 aliphatic rings. The van der Waals surface area contributed by atoms with E-state index in [0.29, 0.717) is 25.2 Å². The molecule has 0 aromatic carbocycles.